The van der Waals surface area contributed by atoms with Gasteiger partial charge in [0.15, 0.2) is 0 Å². The number of nitrogen functional groups attached to an aromatic ring is 1. The molecule has 0 saturated heterocycles. The van der Waals surface area contributed by atoms with E-state index in [0.29, 0.717) is 10.2 Å². The van der Waals surface area contributed by atoms with Crippen LogP contribution in [0.15, 0.2) is 16.2 Å². The molecule has 12 heavy (non-hydrogen) atoms. The summed E-state index contributed by atoms with van der Waals surface area (Å²) in [5.41, 5.74) is 2.79. The molecule has 0 radical (unpaired) electrons. The quantitative estimate of drug-likeness (QED) is 0.436. The van der Waals surface area contributed by atoms with E-state index < -0.39 is 0 Å². The Morgan fingerprint density at radius 2 is 2.50 bits per heavy atom. The SMILES string of the molecule is NNc1nc2ccsc2c(=O)[nH]1. The van der Waals surface area contributed by atoms with Crippen molar-refractivity contribution in [3.63, 3.8) is 0 Å². The average molecular weight is 182 g/mol. The Kier molecular flexibility index (Phi) is 1.56. The Morgan fingerprint density at radius 1 is 1.67 bits per heavy atom. The molecule has 0 saturated carbocycles. The summed E-state index contributed by atoms with van der Waals surface area (Å²) in [5, 5.41) is 1.81. The molecule has 0 fully saturated rings. The van der Waals surface area contributed by atoms with Crippen molar-refractivity contribution in [2.75, 3.05) is 5.43 Å². The number of fused-ring (bicyclic) bond motifs is 1. The molecular weight excluding hydrogens is 176 g/mol. The van der Waals surface area contributed by atoms with E-state index in [1.165, 1.54) is 11.3 Å². The molecule has 62 valence electrons. The lowest BCUT2D eigenvalue weighted by molar-refractivity contribution is 1.13. The summed E-state index contributed by atoms with van der Waals surface area (Å²) in [7, 11) is 0. The first-order valence-electron chi connectivity index (χ1n) is 3.25. The number of hydrogen-bond acceptors (Lipinski definition) is 5. The Morgan fingerprint density at radius 3 is 3.25 bits per heavy atom. The first-order chi connectivity index (χ1) is 5.81. The maximum Gasteiger partial charge on any atom is 0.270 e. The lowest BCUT2D eigenvalue weighted by Crippen LogP contribution is -2.15. The summed E-state index contributed by atoms with van der Waals surface area (Å²) in [4.78, 5) is 17.8. The molecule has 0 atom stereocenters. The van der Waals surface area contributed by atoms with Crippen molar-refractivity contribution in [3.8, 4) is 0 Å². The fraction of sp³-hybridized carbons (Fsp3) is 0. The molecule has 2 aromatic rings. The number of hydrazine groups is 1. The Hall–Kier alpha value is -1.40. The van der Waals surface area contributed by atoms with E-state index in [9.17, 15) is 4.79 Å². The fourth-order valence-corrected chi connectivity index (χ4v) is 1.67. The van der Waals surface area contributed by atoms with Crippen LogP contribution in [0.25, 0.3) is 10.2 Å². The van der Waals surface area contributed by atoms with Gasteiger partial charge in [-0.3, -0.25) is 15.2 Å². The zero-order valence-electron chi connectivity index (χ0n) is 6.00. The van der Waals surface area contributed by atoms with Gasteiger partial charge in [0.2, 0.25) is 5.95 Å². The monoisotopic (exact) mass is 182 g/mol. The zero-order chi connectivity index (χ0) is 8.55. The molecule has 0 amide bonds. The lowest BCUT2D eigenvalue weighted by atomic mass is 10.5. The van der Waals surface area contributed by atoms with E-state index in [1.807, 2.05) is 5.38 Å². The van der Waals surface area contributed by atoms with Gasteiger partial charge in [0.25, 0.3) is 5.56 Å². The van der Waals surface area contributed by atoms with Crippen LogP contribution in [0.2, 0.25) is 0 Å². The number of nitrogens with one attached hydrogen (secondary N) is 2. The van der Waals surface area contributed by atoms with Gasteiger partial charge < -0.3 is 0 Å². The fourth-order valence-electron chi connectivity index (χ4n) is 0.942. The minimum Gasteiger partial charge on any atom is -0.294 e. The highest BCUT2D eigenvalue weighted by atomic mass is 32.1. The van der Waals surface area contributed by atoms with Crippen molar-refractivity contribution in [1.82, 2.24) is 9.97 Å². The number of anilines is 1. The topological polar surface area (TPSA) is 83.8 Å². The van der Waals surface area contributed by atoms with Gasteiger partial charge in [-0.05, 0) is 11.4 Å². The van der Waals surface area contributed by atoms with Gasteiger partial charge >= 0.3 is 0 Å². The van der Waals surface area contributed by atoms with E-state index >= 15 is 0 Å². The van der Waals surface area contributed by atoms with Crippen molar-refractivity contribution < 1.29 is 0 Å². The van der Waals surface area contributed by atoms with Gasteiger partial charge in [0.05, 0.1) is 5.52 Å². The van der Waals surface area contributed by atoms with E-state index in [-0.39, 0.29) is 11.5 Å². The maximum atomic E-state index is 11.2. The third-order valence-corrected chi connectivity index (χ3v) is 2.35. The second kappa shape index (κ2) is 2.58. The van der Waals surface area contributed by atoms with E-state index in [0.717, 1.165) is 0 Å². The highest BCUT2D eigenvalue weighted by Gasteiger charge is 2.02. The summed E-state index contributed by atoms with van der Waals surface area (Å²) in [6, 6.07) is 1.77. The number of hydrogen-bond donors (Lipinski definition) is 3. The zero-order valence-corrected chi connectivity index (χ0v) is 6.81. The second-order valence-electron chi connectivity index (χ2n) is 2.19. The van der Waals surface area contributed by atoms with Gasteiger partial charge in [-0.15, -0.1) is 11.3 Å². The normalized spacial score (nSPS) is 10.4. The van der Waals surface area contributed by atoms with E-state index in [4.69, 9.17) is 5.84 Å². The summed E-state index contributed by atoms with van der Waals surface area (Å²) in [6.45, 7) is 0. The second-order valence-corrected chi connectivity index (χ2v) is 3.11. The lowest BCUT2D eigenvalue weighted by Gasteiger charge is -1.96. The van der Waals surface area contributed by atoms with Crippen molar-refractivity contribution in [2.24, 2.45) is 5.84 Å². The minimum absolute atomic E-state index is 0.164. The molecule has 0 aliphatic heterocycles. The predicted octanol–water partition coefficient (Wildman–Crippen LogP) is 0.270. The van der Waals surface area contributed by atoms with Gasteiger partial charge in [-0.2, -0.15) is 0 Å². The number of thiophene rings is 1. The molecule has 0 aliphatic rings. The highest BCUT2D eigenvalue weighted by Crippen LogP contribution is 2.14. The Labute approximate surface area is 71.2 Å². The van der Waals surface area contributed by atoms with Gasteiger partial charge in [-0.1, -0.05) is 0 Å². The first kappa shape index (κ1) is 7.26. The van der Waals surface area contributed by atoms with Crippen LogP contribution in [0.3, 0.4) is 0 Å². The molecule has 6 heteroatoms. The third kappa shape index (κ3) is 0.973. The average Bonchev–Trinajstić information content (AvgIpc) is 2.52. The number of nitrogens with two attached hydrogens (primary N) is 1. The number of aromatic nitrogens is 2. The van der Waals surface area contributed by atoms with E-state index in [2.05, 4.69) is 15.4 Å². The smallest absolute Gasteiger partial charge is 0.270 e. The maximum absolute atomic E-state index is 11.2. The summed E-state index contributed by atoms with van der Waals surface area (Å²) in [6.07, 6.45) is 0. The molecular formula is C6H6N4OS. The van der Waals surface area contributed by atoms with Crippen molar-refractivity contribution in [2.45, 2.75) is 0 Å². The van der Waals surface area contributed by atoms with Crippen LogP contribution in [0.5, 0.6) is 0 Å². The molecule has 2 heterocycles. The largest absolute Gasteiger partial charge is 0.294 e. The van der Waals surface area contributed by atoms with Crippen molar-refractivity contribution in [3.05, 3.63) is 21.8 Å². The van der Waals surface area contributed by atoms with Gasteiger partial charge in [-0.25, -0.2) is 10.8 Å². The Bertz CT molecular complexity index is 460. The van der Waals surface area contributed by atoms with Crippen LogP contribution in [0.1, 0.15) is 0 Å². The van der Waals surface area contributed by atoms with Crippen LogP contribution < -0.4 is 16.8 Å². The van der Waals surface area contributed by atoms with Crippen molar-refractivity contribution in [1.29, 1.82) is 0 Å². The van der Waals surface area contributed by atoms with Crippen molar-refractivity contribution >= 4 is 27.5 Å². The Balaban J connectivity index is 2.84. The third-order valence-electron chi connectivity index (χ3n) is 1.45. The highest BCUT2D eigenvalue weighted by molar-refractivity contribution is 7.17. The van der Waals surface area contributed by atoms with Crippen LogP contribution >= 0.6 is 11.3 Å². The molecule has 0 bridgehead atoms. The number of H-pyrrole nitrogens is 1. The molecule has 4 N–H and O–H groups in total. The molecule has 2 rings (SSSR count). The summed E-state index contributed by atoms with van der Waals surface area (Å²) < 4.78 is 0.619. The number of aromatic amines is 1. The van der Waals surface area contributed by atoms with Crippen LogP contribution in [0, 0.1) is 0 Å². The number of nitrogens with zero attached hydrogens (tertiary/aromatic N) is 1. The van der Waals surface area contributed by atoms with Crippen LogP contribution in [-0.4, -0.2) is 9.97 Å². The first-order valence-corrected chi connectivity index (χ1v) is 4.13. The van der Waals surface area contributed by atoms with Crippen LogP contribution in [0.4, 0.5) is 5.95 Å². The molecule has 5 nitrogen and oxygen atoms in total. The van der Waals surface area contributed by atoms with Gasteiger partial charge in [0.1, 0.15) is 4.70 Å². The molecule has 0 aliphatic carbocycles. The minimum atomic E-state index is -0.164. The standard InChI is InChI=1S/C6H6N4OS/c7-10-6-8-3-1-2-12-4(3)5(11)9-6/h1-2H,7H2,(H2,8,9,10,11). The van der Waals surface area contributed by atoms with E-state index in [1.54, 1.807) is 6.07 Å². The summed E-state index contributed by atoms with van der Waals surface area (Å²) >= 11 is 1.36. The molecule has 0 aromatic carbocycles. The van der Waals surface area contributed by atoms with Gasteiger partial charge in [0, 0.05) is 0 Å². The molecule has 2 aromatic heterocycles. The summed E-state index contributed by atoms with van der Waals surface area (Å²) in [5.74, 6) is 5.38. The molecule has 0 spiro atoms. The molecule has 0 unspecified atom stereocenters. The predicted molar refractivity (Wildman–Crippen MR) is 48.1 cm³/mol. The van der Waals surface area contributed by atoms with Crippen LogP contribution in [-0.2, 0) is 0 Å². The number of rotatable bonds is 1.